The third kappa shape index (κ3) is 6.17. The number of thiocarbonyl (C=S) groups is 1. The lowest BCUT2D eigenvalue weighted by Gasteiger charge is -2.10. The highest BCUT2D eigenvalue weighted by Gasteiger charge is 2.08. The predicted octanol–water partition coefficient (Wildman–Crippen LogP) is 4.21. The first kappa shape index (κ1) is 18.9. The van der Waals surface area contributed by atoms with Gasteiger partial charge in [0.1, 0.15) is 0 Å². The molecule has 2 aromatic rings. The van der Waals surface area contributed by atoms with Gasteiger partial charge in [0.25, 0.3) is 5.91 Å². The normalized spacial score (nSPS) is 10.0. The summed E-state index contributed by atoms with van der Waals surface area (Å²) in [5, 5.41) is 9.06. The first-order chi connectivity index (χ1) is 12.0. The lowest BCUT2D eigenvalue weighted by Crippen LogP contribution is -2.34. The van der Waals surface area contributed by atoms with E-state index < -0.39 is 0 Å². The van der Waals surface area contributed by atoms with E-state index in [1.54, 1.807) is 48.5 Å². The Morgan fingerprint density at radius 3 is 2.08 bits per heavy atom. The van der Waals surface area contributed by atoms with E-state index in [2.05, 4.69) is 16.0 Å². The van der Waals surface area contributed by atoms with E-state index in [1.807, 2.05) is 6.92 Å². The molecule has 0 aliphatic heterocycles. The Balaban J connectivity index is 1.88. The maximum atomic E-state index is 12.1. The third-order valence-electron chi connectivity index (χ3n) is 3.24. The minimum absolute atomic E-state index is 0.0195. The lowest BCUT2D eigenvalue weighted by atomic mass is 10.2. The van der Waals surface area contributed by atoms with E-state index in [4.69, 9.17) is 23.8 Å². The van der Waals surface area contributed by atoms with E-state index in [0.29, 0.717) is 28.4 Å². The summed E-state index contributed by atoms with van der Waals surface area (Å²) >= 11 is 10.9. The molecule has 0 aliphatic carbocycles. The molecule has 0 saturated heterocycles. The molecular formula is C18H18ClN3O2S. The van der Waals surface area contributed by atoms with Gasteiger partial charge in [-0.05, 0) is 67.2 Å². The minimum atomic E-state index is -0.322. The molecule has 2 amide bonds. The molecule has 25 heavy (non-hydrogen) atoms. The standard InChI is InChI=1S/C18H18ClN3O2S/c1-2-3-16(23)20-14-8-10-15(11-9-14)21-18(25)22-17(24)12-4-6-13(19)7-5-12/h4-11H,2-3H2,1H3,(H,20,23)(H2,21,22,24,25). The number of hydrogen-bond donors (Lipinski definition) is 3. The molecule has 0 aromatic heterocycles. The van der Waals surface area contributed by atoms with Crippen molar-refractivity contribution in [2.24, 2.45) is 0 Å². The summed E-state index contributed by atoms with van der Waals surface area (Å²) in [6.07, 6.45) is 1.29. The van der Waals surface area contributed by atoms with Crippen LogP contribution in [0.4, 0.5) is 11.4 Å². The quantitative estimate of drug-likeness (QED) is 0.685. The number of benzene rings is 2. The van der Waals surface area contributed by atoms with E-state index >= 15 is 0 Å². The van der Waals surface area contributed by atoms with Crippen LogP contribution in [-0.2, 0) is 4.79 Å². The molecule has 130 valence electrons. The number of carbonyl (C=O) groups excluding carboxylic acids is 2. The largest absolute Gasteiger partial charge is 0.332 e. The van der Waals surface area contributed by atoms with Gasteiger partial charge in [-0.15, -0.1) is 0 Å². The number of hydrogen-bond acceptors (Lipinski definition) is 3. The Hall–Kier alpha value is -2.44. The van der Waals surface area contributed by atoms with Crippen LogP contribution >= 0.6 is 23.8 Å². The van der Waals surface area contributed by atoms with Gasteiger partial charge in [-0.1, -0.05) is 18.5 Å². The van der Waals surface area contributed by atoms with Crippen molar-refractivity contribution in [1.82, 2.24) is 5.32 Å². The summed E-state index contributed by atoms with van der Waals surface area (Å²) in [5.41, 5.74) is 1.87. The molecule has 2 rings (SSSR count). The topological polar surface area (TPSA) is 70.2 Å². The van der Waals surface area contributed by atoms with E-state index in [-0.39, 0.29) is 16.9 Å². The highest BCUT2D eigenvalue weighted by Crippen LogP contribution is 2.14. The number of nitrogens with one attached hydrogen (secondary N) is 3. The number of halogens is 1. The summed E-state index contributed by atoms with van der Waals surface area (Å²) < 4.78 is 0. The second-order valence-electron chi connectivity index (χ2n) is 5.29. The molecular weight excluding hydrogens is 358 g/mol. The van der Waals surface area contributed by atoms with Gasteiger partial charge in [0.2, 0.25) is 5.91 Å². The zero-order valence-corrected chi connectivity index (χ0v) is 15.2. The number of carbonyl (C=O) groups is 2. The highest BCUT2D eigenvalue weighted by molar-refractivity contribution is 7.80. The monoisotopic (exact) mass is 375 g/mol. The molecule has 2 aromatic carbocycles. The second kappa shape index (κ2) is 9.15. The Morgan fingerprint density at radius 2 is 1.52 bits per heavy atom. The van der Waals surface area contributed by atoms with Crippen molar-refractivity contribution < 1.29 is 9.59 Å². The van der Waals surface area contributed by atoms with Crippen molar-refractivity contribution in [2.75, 3.05) is 10.6 Å². The summed E-state index contributed by atoms with van der Waals surface area (Å²) in [6, 6.07) is 13.6. The maximum absolute atomic E-state index is 12.1. The molecule has 3 N–H and O–H groups in total. The zero-order valence-electron chi connectivity index (χ0n) is 13.6. The van der Waals surface area contributed by atoms with Crippen LogP contribution in [0, 0.1) is 0 Å². The fraction of sp³-hybridized carbons (Fsp3) is 0.167. The molecule has 0 fully saturated rings. The van der Waals surface area contributed by atoms with Crippen LogP contribution in [-0.4, -0.2) is 16.9 Å². The second-order valence-corrected chi connectivity index (χ2v) is 6.14. The molecule has 0 bridgehead atoms. The van der Waals surface area contributed by atoms with Crippen molar-refractivity contribution in [3.8, 4) is 0 Å². The maximum Gasteiger partial charge on any atom is 0.257 e. The van der Waals surface area contributed by atoms with E-state index in [0.717, 1.165) is 6.42 Å². The Morgan fingerprint density at radius 1 is 0.960 bits per heavy atom. The highest BCUT2D eigenvalue weighted by atomic mass is 35.5. The SMILES string of the molecule is CCCC(=O)Nc1ccc(NC(=S)NC(=O)c2ccc(Cl)cc2)cc1. The Bertz CT molecular complexity index is 761. The van der Waals surface area contributed by atoms with Crippen LogP contribution in [0.2, 0.25) is 5.02 Å². The van der Waals surface area contributed by atoms with E-state index in [9.17, 15) is 9.59 Å². The van der Waals surface area contributed by atoms with Gasteiger partial charge in [0.15, 0.2) is 5.11 Å². The van der Waals surface area contributed by atoms with Gasteiger partial charge in [-0.3, -0.25) is 14.9 Å². The molecule has 0 heterocycles. The van der Waals surface area contributed by atoms with Crippen molar-refractivity contribution in [3.63, 3.8) is 0 Å². The van der Waals surface area contributed by atoms with Crippen LogP contribution in [0.15, 0.2) is 48.5 Å². The lowest BCUT2D eigenvalue weighted by molar-refractivity contribution is -0.116. The van der Waals surface area contributed by atoms with E-state index in [1.165, 1.54) is 0 Å². The summed E-state index contributed by atoms with van der Waals surface area (Å²) in [5.74, 6) is -0.341. The first-order valence-corrected chi connectivity index (χ1v) is 8.54. The van der Waals surface area contributed by atoms with Crippen molar-refractivity contribution >= 4 is 52.1 Å². The van der Waals surface area contributed by atoms with Gasteiger partial charge in [-0.2, -0.15) is 0 Å². The van der Waals surface area contributed by atoms with Crippen LogP contribution in [0.1, 0.15) is 30.1 Å². The zero-order chi connectivity index (χ0) is 18.2. The Kier molecular flexibility index (Phi) is 6.91. The average molecular weight is 376 g/mol. The predicted molar refractivity (Wildman–Crippen MR) is 105 cm³/mol. The van der Waals surface area contributed by atoms with Crippen molar-refractivity contribution in [2.45, 2.75) is 19.8 Å². The van der Waals surface area contributed by atoms with Crippen molar-refractivity contribution in [1.29, 1.82) is 0 Å². The first-order valence-electron chi connectivity index (χ1n) is 7.75. The molecule has 0 atom stereocenters. The molecule has 7 heteroatoms. The summed E-state index contributed by atoms with van der Waals surface area (Å²) in [4.78, 5) is 23.6. The van der Waals surface area contributed by atoms with Gasteiger partial charge in [0, 0.05) is 28.4 Å². The number of rotatable bonds is 5. The summed E-state index contributed by atoms with van der Waals surface area (Å²) in [7, 11) is 0. The van der Waals surface area contributed by atoms with Crippen LogP contribution in [0.25, 0.3) is 0 Å². The molecule has 0 unspecified atom stereocenters. The van der Waals surface area contributed by atoms with Crippen LogP contribution in [0.3, 0.4) is 0 Å². The van der Waals surface area contributed by atoms with Crippen LogP contribution in [0.5, 0.6) is 0 Å². The third-order valence-corrected chi connectivity index (χ3v) is 3.69. The average Bonchev–Trinajstić information content (AvgIpc) is 2.57. The van der Waals surface area contributed by atoms with Crippen LogP contribution < -0.4 is 16.0 Å². The van der Waals surface area contributed by atoms with Gasteiger partial charge in [0.05, 0.1) is 0 Å². The van der Waals surface area contributed by atoms with Gasteiger partial charge in [-0.25, -0.2) is 0 Å². The number of anilines is 2. The Labute approximate surface area is 156 Å². The van der Waals surface area contributed by atoms with Gasteiger partial charge < -0.3 is 10.6 Å². The molecule has 0 radical (unpaired) electrons. The van der Waals surface area contributed by atoms with Crippen molar-refractivity contribution in [3.05, 3.63) is 59.1 Å². The summed E-state index contributed by atoms with van der Waals surface area (Å²) in [6.45, 7) is 1.95. The van der Waals surface area contributed by atoms with Gasteiger partial charge >= 0.3 is 0 Å². The molecule has 0 saturated carbocycles. The molecule has 0 aliphatic rings. The molecule has 5 nitrogen and oxygen atoms in total. The number of amides is 2. The fourth-order valence-corrected chi connectivity index (χ4v) is 2.36. The smallest absolute Gasteiger partial charge is 0.257 e. The minimum Gasteiger partial charge on any atom is -0.332 e. The fourth-order valence-electron chi connectivity index (χ4n) is 2.03. The molecule has 0 spiro atoms.